The first kappa shape index (κ1) is 15.9. The first-order chi connectivity index (χ1) is 9.33. The molecule has 0 aliphatic heterocycles. The highest BCUT2D eigenvalue weighted by atomic mass is 32.2. The molecule has 0 bridgehead atoms. The third-order valence-electron chi connectivity index (χ3n) is 4.78. The van der Waals surface area contributed by atoms with Crippen molar-refractivity contribution in [2.45, 2.75) is 43.0 Å². The van der Waals surface area contributed by atoms with Gasteiger partial charge in [0.25, 0.3) is 0 Å². The van der Waals surface area contributed by atoms with Gasteiger partial charge in [0.05, 0.1) is 10.8 Å². The number of nitrogens with zero attached hydrogens (tertiary/aromatic N) is 1. The molecule has 3 atom stereocenters. The molecule has 0 aromatic carbocycles. The average molecular weight is 316 g/mol. The zero-order valence-electron chi connectivity index (χ0n) is 12.4. The van der Waals surface area contributed by atoms with E-state index in [1.54, 1.807) is 11.3 Å². The molecular formula is C14H24N2O2S2. The van der Waals surface area contributed by atoms with Gasteiger partial charge in [-0.25, -0.2) is 8.42 Å². The quantitative estimate of drug-likeness (QED) is 0.903. The molecule has 0 spiro atoms. The van der Waals surface area contributed by atoms with Gasteiger partial charge in [0, 0.05) is 23.7 Å². The van der Waals surface area contributed by atoms with E-state index in [2.05, 4.69) is 23.3 Å². The van der Waals surface area contributed by atoms with Crippen LogP contribution >= 0.6 is 11.3 Å². The fourth-order valence-corrected chi connectivity index (χ4v) is 6.12. The van der Waals surface area contributed by atoms with E-state index in [9.17, 15) is 8.42 Å². The molecule has 1 heterocycles. The number of sulfone groups is 1. The largest absolute Gasteiger partial charge is 0.329 e. The minimum Gasteiger partial charge on any atom is -0.329 e. The fraction of sp³-hybridized carbons (Fsp3) is 0.714. The lowest BCUT2D eigenvalue weighted by Crippen LogP contribution is -2.59. The van der Waals surface area contributed by atoms with Gasteiger partial charge in [0.1, 0.15) is 0 Å². The Bertz CT molecular complexity index is 542. The summed E-state index contributed by atoms with van der Waals surface area (Å²) in [5.41, 5.74) is 5.61. The van der Waals surface area contributed by atoms with Gasteiger partial charge in [0.2, 0.25) is 0 Å². The van der Waals surface area contributed by atoms with Crippen molar-refractivity contribution in [1.82, 2.24) is 4.90 Å². The standard InChI is InChI=1S/C14H24N2O2S2/c1-11(12-6-5-9-19-12)16(2)14(10-15)8-4-7-13(14)20(3,17)18/h5-6,9,11,13H,4,7-8,10,15H2,1-3H3. The SMILES string of the molecule is CC(c1cccs1)N(C)C1(CN)CCCC1S(C)(=O)=O. The van der Waals surface area contributed by atoms with Crippen LogP contribution in [-0.2, 0) is 9.84 Å². The van der Waals surface area contributed by atoms with E-state index in [0.717, 1.165) is 19.3 Å². The van der Waals surface area contributed by atoms with Gasteiger partial charge >= 0.3 is 0 Å². The van der Waals surface area contributed by atoms with Gasteiger partial charge in [-0.2, -0.15) is 0 Å². The van der Waals surface area contributed by atoms with E-state index >= 15 is 0 Å². The first-order valence-corrected chi connectivity index (χ1v) is 9.81. The van der Waals surface area contributed by atoms with Crippen molar-refractivity contribution in [2.24, 2.45) is 5.73 Å². The molecule has 0 amide bonds. The van der Waals surface area contributed by atoms with Crippen LogP contribution in [0.4, 0.5) is 0 Å². The van der Waals surface area contributed by atoms with Crippen molar-refractivity contribution in [3.05, 3.63) is 22.4 Å². The molecule has 20 heavy (non-hydrogen) atoms. The van der Waals surface area contributed by atoms with Crippen LogP contribution in [0.25, 0.3) is 0 Å². The van der Waals surface area contributed by atoms with Crippen molar-refractivity contribution < 1.29 is 8.42 Å². The minimum atomic E-state index is -3.09. The Hall–Kier alpha value is -0.430. The minimum absolute atomic E-state index is 0.181. The van der Waals surface area contributed by atoms with Gasteiger partial charge in [0.15, 0.2) is 9.84 Å². The summed E-state index contributed by atoms with van der Waals surface area (Å²) in [6.07, 6.45) is 3.85. The molecule has 3 unspecified atom stereocenters. The van der Waals surface area contributed by atoms with E-state index < -0.39 is 15.4 Å². The van der Waals surface area contributed by atoms with Gasteiger partial charge in [-0.15, -0.1) is 11.3 Å². The lowest BCUT2D eigenvalue weighted by Gasteiger charge is -2.45. The van der Waals surface area contributed by atoms with Crippen molar-refractivity contribution >= 4 is 21.2 Å². The molecule has 4 nitrogen and oxygen atoms in total. The summed E-state index contributed by atoms with van der Waals surface area (Å²) in [6, 6.07) is 4.31. The van der Waals surface area contributed by atoms with Crippen molar-refractivity contribution in [3.8, 4) is 0 Å². The number of rotatable bonds is 5. The molecular weight excluding hydrogens is 292 g/mol. The maximum absolute atomic E-state index is 12.1. The monoisotopic (exact) mass is 316 g/mol. The number of likely N-dealkylation sites (N-methyl/N-ethyl adjacent to an activating group) is 1. The van der Waals surface area contributed by atoms with E-state index in [1.165, 1.54) is 11.1 Å². The summed E-state index contributed by atoms with van der Waals surface area (Å²) in [7, 11) is -1.07. The van der Waals surface area contributed by atoms with E-state index in [-0.39, 0.29) is 11.3 Å². The maximum Gasteiger partial charge on any atom is 0.152 e. The molecule has 2 N–H and O–H groups in total. The molecule has 1 aromatic rings. The van der Waals surface area contributed by atoms with Crippen molar-refractivity contribution in [2.75, 3.05) is 19.8 Å². The molecule has 0 saturated heterocycles. The fourth-order valence-electron chi connectivity index (χ4n) is 3.52. The molecule has 1 aromatic heterocycles. The highest BCUT2D eigenvalue weighted by Crippen LogP contribution is 2.42. The highest BCUT2D eigenvalue weighted by molar-refractivity contribution is 7.91. The van der Waals surface area contributed by atoms with Gasteiger partial charge < -0.3 is 5.73 Å². The lowest BCUT2D eigenvalue weighted by molar-refractivity contribution is 0.0935. The Morgan fingerprint density at radius 3 is 2.80 bits per heavy atom. The van der Waals surface area contributed by atoms with Crippen LogP contribution in [0.1, 0.15) is 37.1 Å². The third-order valence-corrected chi connectivity index (χ3v) is 7.53. The van der Waals surface area contributed by atoms with E-state index in [4.69, 9.17) is 5.73 Å². The van der Waals surface area contributed by atoms with Crippen molar-refractivity contribution in [1.29, 1.82) is 0 Å². The average Bonchev–Trinajstić information content (AvgIpc) is 3.05. The summed E-state index contributed by atoms with van der Waals surface area (Å²) < 4.78 is 24.3. The summed E-state index contributed by atoms with van der Waals surface area (Å²) >= 11 is 1.70. The number of hydrogen-bond donors (Lipinski definition) is 1. The van der Waals surface area contributed by atoms with Crippen LogP contribution in [0.2, 0.25) is 0 Å². The topological polar surface area (TPSA) is 63.4 Å². The van der Waals surface area contributed by atoms with Crippen LogP contribution in [0.15, 0.2) is 17.5 Å². The predicted molar refractivity (Wildman–Crippen MR) is 84.8 cm³/mol. The second-order valence-corrected chi connectivity index (χ2v) is 9.03. The van der Waals surface area contributed by atoms with Crippen LogP contribution in [0.5, 0.6) is 0 Å². The maximum atomic E-state index is 12.1. The van der Waals surface area contributed by atoms with E-state index in [0.29, 0.717) is 6.54 Å². The lowest BCUT2D eigenvalue weighted by atomic mass is 9.93. The van der Waals surface area contributed by atoms with Crippen LogP contribution < -0.4 is 5.73 Å². The summed E-state index contributed by atoms with van der Waals surface area (Å²) in [5, 5.41) is 1.70. The van der Waals surface area contributed by atoms with Crippen LogP contribution in [0, 0.1) is 0 Å². The Balaban J connectivity index is 2.35. The number of hydrogen-bond acceptors (Lipinski definition) is 5. The normalized spacial score (nSPS) is 28.9. The highest BCUT2D eigenvalue weighted by Gasteiger charge is 2.51. The first-order valence-electron chi connectivity index (χ1n) is 6.98. The Labute approximate surface area is 125 Å². The molecule has 2 rings (SSSR count). The summed E-state index contributed by atoms with van der Waals surface area (Å²) in [4.78, 5) is 3.44. The molecule has 1 fully saturated rings. The molecule has 114 valence electrons. The van der Waals surface area contributed by atoms with E-state index in [1.807, 2.05) is 13.1 Å². The summed E-state index contributed by atoms with van der Waals surface area (Å²) in [6.45, 7) is 2.51. The number of nitrogens with two attached hydrogens (primary N) is 1. The second kappa shape index (κ2) is 5.75. The third kappa shape index (κ3) is 2.66. The van der Waals surface area contributed by atoms with Gasteiger partial charge in [-0.3, -0.25) is 4.90 Å². The molecule has 1 saturated carbocycles. The second-order valence-electron chi connectivity index (χ2n) is 5.82. The van der Waals surface area contributed by atoms with Crippen molar-refractivity contribution in [3.63, 3.8) is 0 Å². The Morgan fingerprint density at radius 2 is 2.30 bits per heavy atom. The zero-order valence-corrected chi connectivity index (χ0v) is 14.0. The smallest absolute Gasteiger partial charge is 0.152 e. The van der Waals surface area contributed by atoms with Crippen LogP contribution in [0.3, 0.4) is 0 Å². The van der Waals surface area contributed by atoms with Gasteiger partial charge in [-0.05, 0) is 38.3 Å². The molecule has 1 aliphatic carbocycles. The molecule has 1 aliphatic rings. The number of thiophene rings is 1. The Kier molecular flexibility index (Phi) is 4.59. The predicted octanol–water partition coefficient (Wildman–Crippen LogP) is 2.04. The summed E-state index contributed by atoms with van der Waals surface area (Å²) in [5.74, 6) is 0. The van der Waals surface area contributed by atoms with Gasteiger partial charge in [-0.1, -0.05) is 12.5 Å². The van der Waals surface area contributed by atoms with Crippen LogP contribution in [-0.4, -0.2) is 44.0 Å². The Morgan fingerprint density at radius 1 is 1.60 bits per heavy atom. The molecule has 0 radical (unpaired) electrons. The molecule has 6 heteroatoms. The zero-order chi connectivity index (χ0) is 15.0.